The maximum atomic E-state index is 11.2. The van der Waals surface area contributed by atoms with E-state index in [0.29, 0.717) is 48.6 Å². The van der Waals surface area contributed by atoms with Gasteiger partial charge in [-0.3, -0.25) is 5.01 Å². The number of aryl methyl sites for hydroxylation is 1. The number of nitrogens with one attached hydrogen (secondary N) is 1. The summed E-state index contributed by atoms with van der Waals surface area (Å²) in [5.74, 6) is 3.01. The van der Waals surface area contributed by atoms with Gasteiger partial charge in [0.2, 0.25) is 0 Å². The maximum absolute atomic E-state index is 11.2. The average molecular weight is 646 g/mol. The van der Waals surface area contributed by atoms with E-state index in [1.165, 1.54) is 21.8 Å². The van der Waals surface area contributed by atoms with Crippen LogP contribution in [0.25, 0.3) is 0 Å². The topological polar surface area (TPSA) is 113 Å². The smallest absolute Gasteiger partial charge is 0.119 e. The highest BCUT2D eigenvalue weighted by Gasteiger charge is 2.57. The minimum atomic E-state index is -0.275. The lowest BCUT2D eigenvalue weighted by atomic mass is 9.51. The Labute approximate surface area is 280 Å². The van der Waals surface area contributed by atoms with Crippen LogP contribution in [0.4, 0.5) is 0 Å². The minimum absolute atomic E-state index is 0.0582. The number of aliphatic hydroxyl groups is 1. The number of piperidine rings is 1. The molecule has 0 aromatic heterocycles. The van der Waals surface area contributed by atoms with Crippen molar-refractivity contribution in [2.45, 2.75) is 121 Å². The molecule has 3 fully saturated rings. The van der Waals surface area contributed by atoms with Gasteiger partial charge in [-0.25, -0.2) is 0 Å². The largest absolute Gasteiger partial charge is 0.508 e. The molecule has 7 atom stereocenters. The van der Waals surface area contributed by atoms with E-state index in [1.807, 2.05) is 17.1 Å². The van der Waals surface area contributed by atoms with E-state index in [4.69, 9.17) is 4.74 Å². The van der Waals surface area contributed by atoms with Gasteiger partial charge in [-0.2, -0.15) is 10.2 Å². The summed E-state index contributed by atoms with van der Waals surface area (Å²) in [6.07, 6.45) is 6.64. The Morgan fingerprint density at radius 3 is 2.45 bits per heavy atom. The molecule has 0 bridgehead atoms. The third-order valence-corrected chi connectivity index (χ3v) is 12.6. The molecule has 2 aliphatic heterocycles. The quantitative estimate of drug-likeness (QED) is 0.262. The number of hydrogen-bond donors (Lipinski definition) is 4. The predicted octanol–water partition coefficient (Wildman–Crippen LogP) is 6.43. The zero-order valence-electron chi connectivity index (χ0n) is 28.9. The molecular formula is C38H55N5O4. The van der Waals surface area contributed by atoms with Crippen LogP contribution in [0.1, 0.15) is 102 Å². The van der Waals surface area contributed by atoms with Gasteiger partial charge < -0.3 is 25.5 Å². The van der Waals surface area contributed by atoms with Crippen molar-refractivity contribution in [2.24, 2.45) is 27.6 Å². The molecule has 2 aromatic rings. The molecule has 4 N–H and O–H groups in total. The summed E-state index contributed by atoms with van der Waals surface area (Å²) in [6.45, 7) is 13.5. The summed E-state index contributed by atoms with van der Waals surface area (Å²) in [5.41, 5.74) is 3.38. The van der Waals surface area contributed by atoms with Crippen LogP contribution in [-0.4, -0.2) is 81.0 Å². The molecule has 9 nitrogen and oxygen atoms in total. The van der Waals surface area contributed by atoms with E-state index in [0.717, 1.165) is 63.8 Å². The normalized spacial score (nSPS) is 34.6. The van der Waals surface area contributed by atoms with Crippen molar-refractivity contribution < 1.29 is 20.2 Å². The van der Waals surface area contributed by atoms with E-state index in [1.54, 1.807) is 0 Å². The second-order valence-corrected chi connectivity index (χ2v) is 16.8. The molecule has 2 heterocycles. The van der Waals surface area contributed by atoms with Crippen LogP contribution >= 0.6 is 0 Å². The van der Waals surface area contributed by atoms with E-state index in [9.17, 15) is 15.4 Å². The Morgan fingerprint density at radius 2 is 1.70 bits per heavy atom. The van der Waals surface area contributed by atoms with Gasteiger partial charge in [-0.05, 0) is 143 Å². The van der Waals surface area contributed by atoms with Crippen LogP contribution in [-0.2, 0) is 6.42 Å². The van der Waals surface area contributed by atoms with Crippen molar-refractivity contribution in [1.82, 2.24) is 15.4 Å². The zero-order chi connectivity index (χ0) is 33.1. The standard InChI is InChI=1S/C38H55N5O4/c1-36(2)19-26(20-37(3,4)43(36)46)39-22-27-23-42(41-40-27)16-17-47-29-10-6-24(7-11-29)32-21-38(5)33(14-15-34(38)45)31-12-8-25-18-28(44)9-13-30(25)35(31)32/h6-7,9-11,13,18,26-27,31-35,39,44-46H,8,12,14-17,19-23H2,1-5H3/t27?,31?,32-,33?,34+,35?,38+/m1/s1. The van der Waals surface area contributed by atoms with E-state index in [2.05, 4.69) is 80.6 Å². The van der Waals surface area contributed by atoms with Crippen LogP contribution in [0.15, 0.2) is 52.8 Å². The molecule has 5 aliphatic rings. The predicted molar refractivity (Wildman–Crippen MR) is 182 cm³/mol. The van der Waals surface area contributed by atoms with Gasteiger partial charge in [0, 0.05) is 23.7 Å². The lowest BCUT2D eigenvalue weighted by Crippen LogP contribution is -2.62. The summed E-state index contributed by atoms with van der Waals surface area (Å²) in [7, 11) is 0. The van der Waals surface area contributed by atoms with Crippen LogP contribution in [0.2, 0.25) is 0 Å². The Morgan fingerprint density at radius 1 is 0.957 bits per heavy atom. The Hall–Kier alpha value is -2.72. The van der Waals surface area contributed by atoms with Gasteiger partial charge in [-0.15, -0.1) is 0 Å². The molecular weight excluding hydrogens is 590 g/mol. The molecule has 47 heavy (non-hydrogen) atoms. The number of aromatic hydroxyl groups is 1. The van der Waals surface area contributed by atoms with Crippen molar-refractivity contribution in [1.29, 1.82) is 0 Å². The Bertz CT molecular complexity index is 1440. The fraction of sp³-hybridized carbons (Fsp3) is 0.684. The molecule has 1 saturated heterocycles. The van der Waals surface area contributed by atoms with Gasteiger partial charge in [0.25, 0.3) is 0 Å². The molecule has 2 saturated carbocycles. The SMILES string of the molecule is CC1(C)CC(NCC2CN(CCOc3ccc([C@H]4C[C@@]5(C)C(CC[C@@H]5O)C5CCc6cc(O)ccc6C54)cc3)N=N2)CC(C)(C)N1O. The van der Waals surface area contributed by atoms with Crippen molar-refractivity contribution in [3.63, 3.8) is 0 Å². The summed E-state index contributed by atoms with van der Waals surface area (Å²) in [4.78, 5) is 0. The number of hydrogen-bond acceptors (Lipinski definition) is 9. The van der Waals surface area contributed by atoms with E-state index in [-0.39, 0.29) is 28.6 Å². The van der Waals surface area contributed by atoms with Crippen molar-refractivity contribution in [2.75, 3.05) is 26.2 Å². The monoisotopic (exact) mass is 645 g/mol. The summed E-state index contributed by atoms with van der Waals surface area (Å²) >= 11 is 0. The van der Waals surface area contributed by atoms with E-state index >= 15 is 0 Å². The number of hydroxylamine groups is 2. The molecule has 3 aliphatic carbocycles. The average Bonchev–Trinajstić information content (AvgIpc) is 3.61. The molecule has 256 valence electrons. The maximum Gasteiger partial charge on any atom is 0.119 e. The van der Waals surface area contributed by atoms with Gasteiger partial charge in [-0.1, -0.05) is 30.3 Å². The number of rotatable bonds is 8. The van der Waals surface area contributed by atoms with Crippen LogP contribution in [0.5, 0.6) is 11.5 Å². The van der Waals surface area contributed by atoms with E-state index < -0.39 is 0 Å². The molecule has 9 heteroatoms. The number of benzene rings is 2. The molecule has 4 unspecified atom stereocenters. The first kappa shape index (κ1) is 32.8. The molecule has 0 spiro atoms. The number of aliphatic hydroxyl groups excluding tert-OH is 1. The van der Waals surface area contributed by atoms with Crippen LogP contribution in [0.3, 0.4) is 0 Å². The summed E-state index contributed by atoms with van der Waals surface area (Å²) in [6, 6.07) is 15.1. The number of phenolic OH excluding ortho intramolecular Hbond substituents is 1. The summed E-state index contributed by atoms with van der Waals surface area (Å²) < 4.78 is 6.18. The highest BCUT2D eigenvalue weighted by atomic mass is 16.5. The van der Waals surface area contributed by atoms with Gasteiger partial charge in [0.05, 0.1) is 19.2 Å². The van der Waals surface area contributed by atoms with Crippen molar-refractivity contribution in [3.8, 4) is 11.5 Å². The van der Waals surface area contributed by atoms with Crippen molar-refractivity contribution >= 4 is 0 Å². The second kappa shape index (κ2) is 12.3. The minimum Gasteiger partial charge on any atom is -0.508 e. The van der Waals surface area contributed by atoms with Crippen LogP contribution in [0, 0.1) is 17.3 Å². The number of phenols is 1. The fourth-order valence-corrected chi connectivity index (χ4v) is 10.5. The summed E-state index contributed by atoms with van der Waals surface area (Å²) in [5, 5.41) is 48.1. The Balaban J connectivity index is 0.942. The second-order valence-electron chi connectivity index (χ2n) is 16.8. The molecule has 2 aromatic carbocycles. The lowest BCUT2D eigenvalue weighted by molar-refractivity contribution is -0.246. The van der Waals surface area contributed by atoms with Gasteiger partial charge >= 0.3 is 0 Å². The first-order valence-electron chi connectivity index (χ1n) is 17.9. The highest BCUT2D eigenvalue weighted by Crippen LogP contribution is 2.65. The molecule has 0 amide bonds. The first-order chi connectivity index (χ1) is 22.3. The van der Waals surface area contributed by atoms with Crippen LogP contribution < -0.4 is 10.1 Å². The fourth-order valence-electron chi connectivity index (χ4n) is 10.5. The van der Waals surface area contributed by atoms with Crippen molar-refractivity contribution in [3.05, 3.63) is 59.2 Å². The lowest BCUT2D eigenvalue weighted by Gasteiger charge is -2.54. The zero-order valence-corrected chi connectivity index (χ0v) is 28.9. The number of nitrogens with zero attached hydrogens (tertiary/aromatic N) is 4. The van der Waals surface area contributed by atoms with Gasteiger partial charge in [0.15, 0.2) is 0 Å². The third kappa shape index (κ3) is 6.18. The molecule has 0 radical (unpaired) electrons. The van der Waals surface area contributed by atoms with Gasteiger partial charge in [0.1, 0.15) is 24.1 Å². The third-order valence-electron chi connectivity index (χ3n) is 12.6. The molecule has 7 rings (SSSR count). The number of fused-ring (bicyclic) bond motifs is 5. The first-order valence-corrected chi connectivity index (χ1v) is 17.9. The Kier molecular flexibility index (Phi) is 8.59. The number of ether oxygens (including phenoxy) is 1. The highest BCUT2D eigenvalue weighted by molar-refractivity contribution is 5.43.